The number of nitrogens with two attached hydrogens (primary N) is 1. The first kappa shape index (κ1) is 13.7. The van der Waals surface area contributed by atoms with Crippen molar-refractivity contribution in [2.75, 3.05) is 11.1 Å². The zero-order valence-electron chi connectivity index (χ0n) is 9.65. The topological polar surface area (TPSA) is 75.3 Å². The van der Waals surface area contributed by atoms with Gasteiger partial charge in [0.2, 0.25) is 0 Å². The van der Waals surface area contributed by atoms with Gasteiger partial charge < -0.3 is 16.2 Å². The molecule has 0 aliphatic rings. The molecular weight excluding hydrogens is 332 g/mol. The van der Waals surface area contributed by atoms with E-state index in [4.69, 9.17) is 17.3 Å². The molecule has 0 radical (unpaired) electrons. The van der Waals surface area contributed by atoms with E-state index < -0.39 is 5.91 Å². The van der Waals surface area contributed by atoms with Crippen LogP contribution in [0.5, 0.6) is 5.75 Å². The van der Waals surface area contributed by atoms with Gasteiger partial charge in [-0.3, -0.25) is 4.79 Å². The lowest BCUT2D eigenvalue weighted by atomic mass is 10.2. The van der Waals surface area contributed by atoms with E-state index >= 15 is 0 Å². The monoisotopic (exact) mass is 340 g/mol. The molecule has 0 heterocycles. The molecular formula is C13H10BrClN2O2. The molecule has 2 aromatic carbocycles. The van der Waals surface area contributed by atoms with Gasteiger partial charge in [0.1, 0.15) is 5.75 Å². The molecule has 4 N–H and O–H groups in total. The Bertz CT molecular complexity index is 647. The Kier molecular flexibility index (Phi) is 3.97. The molecule has 2 rings (SSSR count). The highest BCUT2D eigenvalue weighted by atomic mass is 79.9. The molecule has 4 nitrogen and oxygen atoms in total. The Morgan fingerprint density at radius 1 is 1.26 bits per heavy atom. The summed E-state index contributed by atoms with van der Waals surface area (Å²) in [5.74, 6) is -0.555. The molecule has 0 saturated carbocycles. The molecule has 0 spiro atoms. The van der Waals surface area contributed by atoms with Crippen LogP contribution in [0.1, 0.15) is 10.4 Å². The fraction of sp³-hybridized carbons (Fsp3) is 0. The van der Waals surface area contributed by atoms with Crippen LogP contribution in [0.2, 0.25) is 5.02 Å². The van der Waals surface area contributed by atoms with Gasteiger partial charge in [-0.05, 0) is 36.4 Å². The fourth-order valence-electron chi connectivity index (χ4n) is 1.53. The summed E-state index contributed by atoms with van der Waals surface area (Å²) < 4.78 is 0.694. The molecule has 2 aromatic rings. The minimum absolute atomic E-state index is 0.103. The van der Waals surface area contributed by atoms with Crippen molar-refractivity contribution in [3.05, 3.63) is 51.5 Å². The molecule has 0 saturated heterocycles. The largest absolute Gasteiger partial charge is 0.507 e. The van der Waals surface area contributed by atoms with Gasteiger partial charge in [0, 0.05) is 9.50 Å². The summed E-state index contributed by atoms with van der Waals surface area (Å²) in [5.41, 5.74) is 6.70. The Morgan fingerprint density at radius 3 is 2.68 bits per heavy atom. The highest BCUT2D eigenvalue weighted by Crippen LogP contribution is 2.26. The standard InChI is InChI=1S/C13H10BrClN2O2/c14-7-1-4-12(18)9(5-7)13(19)17-11-3-2-8(15)6-10(11)16/h1-6,18H,16H2,(H,17,19). The van der Waals surface area contributed by atoms with Crippen LogP contribution in [0, 0.1) is 0 Å². The minimum Gasteiger partial charge on any atom is -0.507 e. The molecule has 0 atom stereocenters. The first-order valence-electron chi connectivity index (χ1n) is 5.32. The highest BCUT2D eigenvalue weighted by molar-refractivity contribution is 9.10. The van der Waals surface area contributed by atoms with Crippen LogP contribution < -0.4 is 11.1 Å². The van der Waals surface area contributed by atoms with Crippen LogP contribution in [-0.4, -0.2) is 11.0 Å². The number of benzene rings is 2. The number of halogens is 2. The lowest BCUT2D eigenvalue weighted by Crippen LogP contribution is -2.13. The van der Waals surface area contributed by atoms with Gasteiger partial charge >= 0.3 is 0 Å². The Balaban J connectivity index is 2.28. The van der Waals surface area contributed by atoms with Crippen LogP contribution in [-0.2, 0) is 0 Å². The SMILES string of the molecule is Nc1cc(Cl)ccc1NC(=O)c1cc(Br)ccc1O. The maximum absolute atomic E-state index is 12.0. The minimum atomic E-state index is -0.451. The number of aromatic hydroxyl groups is 1. The van der Waals surface area contributed by atoms with Gasteiger partial charge in [0.15, 0.2) is 0 Å². The number of rotatable bonds is 2. The lowest BCUT2D eigenvalue weighted by Gasteiger charge is -2.09. The summed E-state index contributed by atoms with van der Waals surface area (Å²) in [6, 6.07) is 9.36. The molecule has 0 aliphatic carbocycles. The van der Waals surface area contributed by atoms with E-state index in [0.717, 1.165) is 0 Å². The van der Waals surface area contributed by atoms with E-state index in [1.807, 2.05) is 0 Å². The first-order valence-corrected chi connectivity index (χ1v) is 6.49. The van der Waals surface area contributed by atoms with Crippen LogP contribution in [0.15, 0.2) is 40.9 Å². The van der Waals surface area contributed by atoms with E-state index in [9.17, 15) is 9.90 Å². The molecule has 98 valence electrons. The van der Waals surface area contributed by atoms with E-state index in [0.29, 0.717) is 20.9 Å². The summed E-state index contributed by atoms with van der Waals surface area (Å²) in [7, 11) is 0. The smallest absolute Gasteiger partial charge is 0.259 e. The van der Waals surface area contributed by atoms with E-state index in [-0.39, 0.29) is 11.3 Å². The maximum Gasteiger partial charge on any atom is 0.259 e. The van der Waals surface area contributed by atoms with Crippen molar-refractivity contribution in [3.8, 4) is 5.75 Å². The van der Waals surface area contributed by atoms with Crippen molar-refractivity contribution in [1.82, 2.24) is 0 Å². The molecule has 1 amide bonds. The third kappa shape index (κ3) is 3.19. The number of carbonyl (C=O) groups is 1. The van der Waals surface area contributed by atoms with Gasteiger partial charge in [0.25, 0.3) is 5.91 Å². The third-order valence-electron chi connectivity index (χ3n) is 2.47. The molecule has 6 heteroatoms. The number of nitrogens with one attached hydrogen (secondary N) is 1. The molecule has 0 unspecified atom stereocenters. The summed E-state index contributed by atoms with van der Waals surface area (Å²) in [6.07, 6.45) is 0. The van der Waals surface area contributed by atoms with Crippen molar-refractivity contribution in [1.29, 1.82) is 0 Å². The predicted octanol–water partition coefficient (Wildman–Crippen LogP) is 3.64. The highest BCUT2D eigenvalue weighted by Gasteiger charge is 2.13. The van der Waals surface area contributed by atoms with Crippen LogP contribution in [0.3, 0.4) is 0 Å². The average molecular weight is 342 g/mol. The van der Waals surface area contributed by atoms with Crippen molar-refractivity contribution >= 4 is 44.8 Å². The number of phenolic OH excluding ortho intramolecular Hbond substituents is 1. The number of phenols is 1. The summed E-state index contributed by atoms with van der Waals surface area (Å²) >= 11 is 9.02. The number of anilines is 2. The molecule has 19 heavy (non-hydrogen) atoms. The summed E-state index contributed by atoms with van der Waals surface area (Å²) in [6.45, 7) is 0. The van der Waals surface area contributed by atoms with Crippen molar-refractivity contribution < 1.29 is 9.90 Å². The summed E-state index contributed by atoms with van der Waals surface area (Å²) in [5, 5.41) is 12.8. The normalized spacial score (nSPS) is 10.2. The van der Waals surface area contributed by atoms with Crippen LogP contribution in [0.25, 0.3) is 0 Å². The number of amides is 1. The molecule has 0 aliphatic heterocycles. The van der Waals surface area contributed by atoms with Crippen molar-refractivity contribution in [2.24, 2.45) is 0 Å². The Hall–Kier alpha value is -1.72. The van der Waals surface area contributed by atoms with E-state index in [1.54, 1.807) is 18.2 Å². The zero-order valence-corrected chi connectivity index (χ0v) is 12.0. The van der Waals surface area contributed by atoms with E-state index in [1.165, 1.54) is 18.2 Å². The number of carbonyl (C=O) groups excluding carboxylic acids is 1. The van der Waals surface area contributed by atoms with Gasteiger partial charge in [-0.1, -0.05) is 27.5 Å². The van der Waals surface area contributed by atoms with Crippen molar-refractivity contribution in [2.45, 2.75) is 0 Å². The number of hydrogen-bond acceptors (Lipinski definition) is 3. The predicted molar refractivity (Wildman–Crippen MR) is 79.6 cm³/mol. The quantitative estimate of drug-likeness (QED) is 0.730. The lowest BCUT2D eigenvalue weighted by molar-refractivity contribution is 0.102. The zero-order chi connectivity index (χ0) is 14.0. The summed E-state index contributed by atoms with van der Waals surface area (Å²) in [4.78, 5) is 12.0. The third-order valence-corrected chi connectivity index (χ3v) is 3.19. The number of nitrogen functional groups attached to an aromatic ring is 1. The van der Waals surface area contributed by atoms with Gasteiger partial charge in [-0.25, -0.2) is 0 Å². The molecule has 0 aromatic heterocycles. The van der Waals surface area contributed by atoms with Gasteiger partial charge in [-0.2, -0.15) is 0 Å². The van der Waals surface area contributed by atoms with Gasteiger partial charge in [0.05, 0.1) is 16.9 Å². The van der Waals surface area contributed by atoms with Gasteiger partial charge in [-0.15, -0.1) is 0 Å². The Morgan fingerprint density at radius 2 is 2.00 bits per heavy atom. The second-order valence-electron chi connectivity index (χ2n) is 3.85. The Labute approximate surface area is 123 Å². The molecule has 0 fully saturated rings. The van der Waals surface area contributed by atoms with E-state index in [2.05, 4.69) is 21.2 Å². The van der Waals surface area contributed by atoms with Crippen molar-refractivity contribution in [3.63, 3.8) is 0 Å². The van der Waals surface area contributed by atoms with Crippen LogP contribution >= 0.6 is 27.5 Å². The second-order valence-corrected chi connectivity index (χ2v) is 5.20. The first-order chi connectivity index (χ1) is 8.97. The number of hydrogen-bond donors (Lipinski definition) is 3. The fourth-order valence-corrected chi connectivity index (χ4v) is 2.07. The van der Waals surface area contributed by atoms with Crippen LogP contribution in [0.4, 0.5) is 11.4 Å². The average Bonchev–Trinajstić information content (AvgIpc) is 2.35. The second kappa shape index (κ2) is 5.50. The maximum atomic E-state index is 12.0. The molecule has 0 bridgehead atoms.